The maximum absolute atomic E-state index is 11.7. The third kappa shape index (κ3) is 3.41. The highest BCUT2D eigenvalue weighted by atomic mass is 35.5. The van der Waals surface area contributed by atoms with Gasteiger partial charge in [-0.2, -0.15) is 0 Å². The SMILES string of the molecule is Nc1ccc(Cl)cc1NC(=O)CSc1ncc[nH]1. The lowest BCUT2D eigenvalue weighted by atomic mass is 10.2. The van der Waals surface area contributed by atoms with Crippen molar-refractivity contribution in [3.63, 3.8) is 0 Å². The van der Waals surface area contributed by atoms with E-state index < -0.39 is 0 Å². The van der Waals surface area contributed by atoms with E-state index in [0.717, 1.165) is 0 Å². The van der Waals surface area contributed by atoms with Crippen molar-refractivity contribution in [2.45, 2.75) is 5.16 Å². The van der Waals surface area contributed by atoms with Gasteiger partial charge < -0.3 is 16.0 Å². The summed E-state index contributed by atoms with van der Waals surface area (Å²) in [4.78, 5) is 18.6. The summed E-state index contributed by atoms with van der Waals surface area (Å²) in [6.45, 7) is 0. The minimum absolute atomic E-state index is 0.162. The number of aromatic amines is 1. The first-order valence-electron chi connectivity index (χ1n) is 5.12. The Morgan fingerprint density at radius 2 is 2.39 bits per heavy atom. The molecule has 0 unspecified atom stereocenters. The van der Waals surface area contributed by atoms with Gasteiger partial charge in [0.2, 0.25) is 5.91 Å². The Kier molecular flexibility index (Phi) is 4.11. The number of carbonyl (C=O) groups excluding carboxylic acids is 1. The van der Waals surface area contributed by atoms with Gasteiger partial charge in [-0.05, 0) is 18.2 Å². The first-order chi connectivity index (χ1) is 8.65. The lowest BCUT2D eigenvalue weighted by Gasteiger charge is -2.07. The summed E-state index contributed by atoms with van der Waals surface area (Å²) in [5.41, 5.74) is 6.73. The molecule has 0 saturated carbocycles. The lowest BCUT2D eigenvalue weighted by Crippen LogP contribution is -2.15. The molecule has 0 aliphatic rings. The van der Waals surface area contributed by atoms with Crippen LogP contribution >= 0.6 is 23.4 Å². The van der Waals surface area contributed by atoms with Crippen molar-refractivity contribution < 1.29 is 4.79 Å². The van der Waals surface area contributed by atoms with Gasteiger partial charge in [0.1, 0.15) is 0 Å². The predicted octanol–water partition coefficient (Wildman–Crippen LogP) is 2.38. The first-order valence-corrected chi connectivity index (χ1v) is 6.48. The van der Waals surface area contributed by atoms with E-state index in [-0.39, 0.29) is 11.7 Å². The number of anilines is 2. The molecule has 18 heavy (non-hydrogen) atoms. The number of thioether (sulfide) groups is 1. The highest BCUT2D eigenvalue weighted by Crippen LogP contribution is 2.23. The molecule has 4 N–H and O–H groups in total. The van der Waals surface area contributed by atoms with E-state index in [1.54, 1.807) is 30.6 Å². The van der Waals surface area contributed by atoms with Crippen molar-refractivity contribution in [3.8, 4) is 0 Å². The van der Waals surface area contributed by atoms with Crippen LogP contribution in [-0.2, 0) is 4.79 Å². The molecule has 0 aliphatic carbocycles. The summed E-state index contributed by atoms with van der Waals surface area (Å²) in [5.74, 6) is 0.0878. The first kappa shape index (κ1) is 12.8. The van der Waals surface area contributed by atoms with Gasteiger partial charge in [0.05, 0.1) is 17.1 Å². The molecular weight excluding hydrogens is 272 g/mol. The van der Waals surface area contributed by atoms with Crippen LogP contribution < -0.4 is 11.1 Å². The number of hydrogen-bond acceptors (Lipinski definition) is 4. The molecular formula is C11H11ClN4OS. The van der Waals surface area contributed by atoms with E-state index in [1.165, 1.54) is 11.8 Å². The Morgan fingerprint density at radius 3 is 3.11 bits per heavy atom. The van der Waals surface area contributed by atoms with Crippen LogP contribution in [0.15, 0.2) is 35.7 Å². The van der Waals surface area contributed by atoms with Crippen LogP contribution in [0.2, 0.25) is 5.02 Å². The number of hydrogen-bond donors (Lipinski definition) is 3. The second-order valence-electron chi connectivity index (χ2n) is 3.46. The van der Waals surface area contributed by atoms with Gasteiger partial charge in [0.15, 0.2) is 5.16 Å². The summed E-state index contributed by atoms with van der Waals surface area (Å²) < 4.78 is 0. The number of nitrogens with one attached hydrogen (secondary N) is 2. The summed E-state index contributed by atoms with van der Waals surface area (Å²) in [6, 6.07) is 4.94. The maximum Gasteiger partial charge on any atom is 0.234 e. The Balaban J connectivity index is 1.92. The number of nitrogens with two attached hydrogens (primary N) is 1. The van der Waals surface area contributed by atoms with Crippen molar-refractivity contribution in [1.29, 1.82) is 0 Å². The number of halogens is 1. The fourth-order valence-electron chi connectivity index (χ4n) is 1.29. The second-order valence-corrected chi connectivity index (χ2v) is 4.86. The Hall–Kier alpha value is -1.66. The van der Waals surface area contributed by atoms with Crippen molar-refractivity contribution >= 4 is 40.6 Å². The number of carbonyl (C=O) groups is 1. The Bertz CT molecular complexity index is 544. The number of nitrogens with zero attached hydrogens (tertiary/aromatic N) is 1. The molecule has 0 fully saturated rings. The summed E-state index contributed by atoms with van der Waals surface area (Å²) in [5, 5.41) is 3.93. The van der Waals surface area contributed by atoms with Gasteiger partial charge >= 0.3 is 0 Å². The normalized spacial score (nSPS) is 10.3. The van der Waals surface area contributed by atoms with E-state index in [2.05, 4.69) is 15.3 Å². The van der Waals surface area contributed by atoms with E-state index >= 15 is 0 Å². The van der Waals surface area contributed by atoms with E-state index in [9.17, 15) is 4.79 Å². The van der Waals surface area contributed by atoms with Crippen molar-refractivity contribution in [3.05, 3.63) is 35.6 Å². The molecule has 1 amide bonds. The zero-order chi connectivity index (χ0) is 13.0. The molecule has 1 heterocycles. The predicted molar refractivity (Wildman–Crippen MR) is 73.8 cm³/mol. The molecule has 0 bridgehead atoms. The number of benzene rings is 1. The number of nitrogen functional groups attached to an aromatic ring is 1. The topological polar surface area (TPSA) is 83.8 Å². The monoisotopic (exact) mass is 282 g/mol. The van der Waals surface area contributed by atoms with Crippen LogP contribution in [0.4, 0.5) is 11.4 Å². The van der Waals surface area contributed by atoms with Crippen LogP contribution in [0.25, 0.3) is 0 Å². The fraction of sp³-hybridized carbons (Fsp3) is 0.0909. The molecule has 7 heteroatoms. The molecule has 0 radical (unpaired) electrons. The number of amides is 1. The average Bonchev–Trinajstić information content (AvgIpc) is 2.84. The van der Waals surface area contributed by atoms with Crippen molar-refractivity contribution in [2.24, 2.45) is 0 Å². The highest BCUT2D eigenvalue weighted by Gasteiger charge is 2.07. The molecule has 0 spiro atoms. The van der Waals surface area contributed by atoms with Gasteiger partial charge in [0.25, 0.3) is 0 Å². The highest BCUT2D eigenvalue weighted by molar-refractivity contribution is 7.99. The molecule has 0 aliphatic heterocycles. The third-order valence-corrected chi connectivity index (χ3v) is 3.24. The zero-order valence-corrected chi connectivity index (χ0v) is 10.9. The summed E-state index contributed by atoms with van der Waals surface area (Å²) in [7, 11) is 0. The molecule has 2 aromatic rings. The van der Waals surface area contributed by atoms with Gasteiger partial charge in [-0.15, -0.1) is 0 Å². The van der Waals surface area contributed by atoms with Gasteiger partial charge in [-0.1, -0.05) is 23.4 Å². The Morgan fingerprint density at radius 1 is 1.56 bits per heavy atom. The lowest BCUT2D eigenvalue weighted by molar-refractivity contribution is -0.113. The molecule has 94 valence electrons. The van der Waals surface area contributed by atoms with Crippen LogP contribution in [0, 0.1) is 0 Å². The third-order valence-electron chi connectivity index (χ3n) is 2.10. The van der Waals surface area contributed by atoms with Crippen LogP contribution in [0.1, 0.15) is 0 Å². The van der Waals surface area contributed by atoms with Gasteiger partial charge in [-0.3, -0.25) is 4.79 Å². The van der Waals surface area contributed by atoms with Crippen molar-refractivity contribution in [1.82, 2.24) is 9.97 Å². The van der Waals surface area contributed by atoms with E-state index in [1.807, 2.05) is 0 Å². The fourth-order valence-corrected chi connectivity index (χ4v) is 2.09. The number of aromatic nitrogens is 2. The summed E-state index contributed by atoms with van der Waals surface area (Å²) in [6.07, 6.45) is 3.34. The average molecular weight is 283 g/mol. The maximum atomic E-state index is 11.7. The smallest absolute Gasteiger partial charge is 0.234 e. The molecule has 0 saturated heterocycles. The van der Waals surface area contributed by atoms with E-state index in [4.69, 9.17) is 17.3 Å². The number of rotatable bonds is 4. The molecule has 2 rings (SSSR count). The molecule has 1 aromatic carbocycles. The van der Waals surface area contributed by atoms with E-state index in [0.29, 0.717) is 21.6 Å². The van der Waals surface area contributed by atoms with Gasteiger partial charge in [0, 0.05) is 17.4 Å². The summed E-state index contributed by atoms with van der Waals surface area (Å²) >= 11 is 7.14. The van der Waals surface area contributed by atoms with Crippen LogP contribution in [-0.4, -0.2) is 21.6 Å². The largest absolute Gasteiger partial charge is 0.397 e. The number of imidazole rings is 1. The second kappa shape index (κ2) is 5.79. The molecule has 0 atom stereocenters. The van der Waals surface area contributed by atoms with Crippen LogP contribution in [0.5, 0.6) is 0 Å². The molecule has 5 nitrogen and oxygen atoms in total. The standard InChI is InChI=1S/C11H11ClN4OS/c12-7-1-2-8(13)9(5-7)16-10(17)6-18-11-14-3-4-15-11/h1-5H,6,13H2,(H,14,15)(H,16,17). The Labute approximate surface area is 113 Å². The zero-order valence-electron chi connectivity index (χ0n) is 9.31. The number of H-pyrrole nitrogens is 1. The van der Waals surface area contributed by atoms with Crippen LogP contribution in [0.3, 0.4) is 0 Å². The molecule has 1 aromatic heterocycles. The minimum Gasteiger partial charge on any atom is -0.397 e. The van der Waals surface area contributed by atoms with Crippen molar-refractivity contribution in [2.75, 3.05) is 16.8 Å². The van der Waals surface area contributed by atoms with Gasteiger partial charge in [-0.25, -0.2) is 4.98 Å². The minimum atomic E-state index is -0.162. The quantitative estimate of drug-likeness (QED) is 0.594.